The number of nitrogen functional groups attached to an aromatic ring is 1. The van der Waals surface area contributed by atoms with Crippen molar-refractivity contribution in [3.8, 4) is 0 Å². The normalized spacial score (nSPS) is 14.1. The van der Waals surface area contributed by atoms with Crippen LogP contribution in [0.1, 0.15) is 32.4 Å². The van der Waals surface area contributed by atoms with E-state index in [1.807, 2.05) is 6.07 Å². The second-order valence-corrected chi connectivity index (χ2v) is 5.03. The third-order valence-electron chi connectivity index (χ3n) is 2.29. The van der Waals surface area contributed by atoms with Crippen LogP contribution in [0.3, 0.4) is 0 Å². The predicted molar refractivity (Wildman–Crippen MR) is 62.2 cm³/mol. The number of anilines is 1. The molecule has 1 rings (SSSR count). The third kappa shape index (κ3) is 2.40. The predicted octanol–water partition coefficient (Wildman–Crippen LogP) is 2.97. The zero-order chi connectivity index (χ0) is 10.9. The van der Waals surface area contributed by atoms with Crippen LogP contribution in [-0.4, -0.2) is 0 Å². The van der Waals surface area contributed by atoms with Crippen LogP contribution >= 0.6 is 11.6 Å². The Labute approximate surface area is 90.2 Å². The molecule has 0 aromatic heterocycles. The van der Waals surface area contributed by atoms with E-state index in [0.29, 0.717) is 10.7 Å². The summed E-state index contributed by atoms with van der Waals surface area (Å²) in [6, 6.07) is 5.32. The molecule has 1 atom stereocenters. The summed E-state index contributed by atoms with van der Waals surface area (Å²) in [6.07, 6.45) is 0. The lowest BCUT2D eigenvalue weighted by Crippen LogP contribution is -2.26. The monoisotopic (exact) mass is 212 g/mol. The molecule has 1 aromatic rings. The molecule has 0 saturated carbocycles. The first-order chi connectivity index (χ1) is 6.32. The molecule has 0 heterocycles. The summed E-state index contributed by atoms with van der Waals surface area (Å²) >= 11 is 6.06. The van der Waals surface area contributed by atoms with Gasteiger partial charge in [-0.05, 0) is 29.2 Å². The van der Waals surface area contributed by atoms with Crippen molar-refractivity contribution in [2.45, 2.75) is 26.8 Å². The van der Waals surface area contributed by atoms with Crippen LogP contribution in [0.2, 0.25) is 5.02 Å². The summed E-state index contributed by atoms with van der Waals surface area (Å²) in [6.45, 7) is 6.24. The molecular formula is C11H17ClN2. The van der Waals surface area contributed by atoms with E-state index in [1.165, 1.54) is 0 Å². The van der Waals surface area contributed by atoms with Crippen LogP contribution in [0, 0.1) is 5.41 Å². The molecule has 78 valence electrons. The molecule has 14 heavy (non-hydrogen) atoms. The van der Waals surface area contributed by atoms with Gasteiger partial charge in [0.1, 0.15) is 0 Å². The average molecular weight is 213 g/mol. The van der Waals surface area contributed by atoms with Crippen molar-refractivity contribution in [1.29, 1.82) is 0 Å². The lowest BCUT2D eigenvalue weighted by molar-refractivity contribution is 0.327. The highest BCUT2D eigenvalue weighted by molar-refractivity contribution is 6.31. The molecule has 3 heteroatoms. The van der Waals surface area contributed by atoms with Crippen molar-refractivity contribution in [1.82, 2.24) is 0 Å². The fraction of sp³-hybridized carbons (Fsp3) is 0.455. The summed E-state index contributed by atoms with van der Waals surface area (Å²) in [7, 11) is 0. The summed E-state index contributed by atoms with van der Waals surface area (Å²) in [5.74, 6) is 0. The van der Waals surface area contributed by atoms with E-state index >= 15 is 0 Å². The highest BCUT2D eigenvalue weighted by Crippen LogP contribution is 2.35. The summed E-state index contributed by atoms with van der Waals surface area (Å²) in [4.78, 5) is 0. The van der Waals surface area contributed by atoms with E-state index in [0.717, 1.165) is 5.56 Å². The largest absolute Gasteiger partial charge is 0.399 e. The van der Waals surface area contributed by atoms with Crippen LogP contribution in [0.15, 0.2) is 18.2 Å². The number of benzene rings is 1. The smallest absolute Gasteiger partial charge is 0.0455 e. The van der Waals surface area contributed by atoms with Crippen molar-refractivity contribution in [2.24, 2.45) is 11.1 Å². The highest BCUT2D eigenvalue weighted by atomic mass is 35.5. The van der Waals surface area contributed by atoms with Crippen molar-refractivity contribution in [3.05, 3.63) is 28.8 Å². The second kappa shape index (κ2) is 3.79. The Bertz CT molecular complexity index is 329. The molecule has 0 unspecified atom stereocenters. The van der Waals surface area contributed by atoms with E-state index in [-0.39, 0.29) is 11.5 Å². The van der Waals surface area contributed by atoms with Gasteiger partial charge >= 0.3 is 0 Å². The first-order valence-corrected chi connectivity index (χ1v) is 5.00. The van der Waals surface area contributed by atoms with Gasteiger partial charge in [0.25, 0.3) is 0 Å². The van der Waals surface area contributed by atoms with Gasteiger partial charge in [-0.15, -0.1) is 0 Å². The molecular weight excluding hydrogens is 196 g/mol. The first kappa shape index (κ1) is 11.3. The molecule has 0 radical (unpaired) electrons. The lowest BCUT2D eigenvalue weighted by atomic mass is 9.83. The van der Waals surface area contributed by atoms with Crippen LogP contribution in [-0.2, 0) is 0 Å². The van der Waals surface area contributed by atoms with Gasteiger partial charge < -0.3 is 11.5 Å². The van der Waals surface area contributed by atoms with Gasteiger partial charge in [-0.3, -0.25) is 0 Å². The highest BCUT2D eigenvalue weighted by Gasteiger charge is 2.24. The van der Waals surface area contributed by atoms with E-state index in [9.17, 15) is 0 Å². The van der Waals surface area contributed by atoms with E-state index in [2.05, 4.69) is 20.8 Å². The van der Waals surface area contributed by atoms with Crippen molar-refractivity contribution in [3.63, 3.8) is 0 Å². The Morgan fingerprint density at radius 2 is 1.86 bits per heavy atom. The summed E-state index contributed by atoms with van der Waals surface area (Å²) in [5.41, 5.74) is 13.4. The van der Waals surface area contributed by atoms with Gasteiger partial charge in [0.2, 0.25) is 0 Å². The minimum atomic E-state index is -0.0986. The van der Waals surface area contributed by atoms with Gasteiger partial charge in [-0.2, -0.15) is 0 Å². The number of hydrogen-bond donors (Lipinski definition) is 2. The molecule has 0 fully saturated rings. The molecule has 0 aliphatic rings. The molecule has 4 N–H and O–H groups in total. The Hall–Kier alpha value is -0.730. The first-order valence-electron chi connectivity index (χ1n) is 4.63. The second-order valence-electron chi connectivity index (χ2n) is 4.62. The zero-order valence-corrected chi connectivity index (χ0v) is 9.60. The fourth-order valence-corrected chi connectivity index (χ4v) is 1.50. The van der Waals surface area contributed by atoms with E-state index < -0.39 is 0 Å². The minimum Gasteiger partial charge on any atom is -0.399 e. The topological polar surface area (TPSA) is 52.0 Å². The standard InChI is InChI=1S/C11H17ClN2/c1-11(2,3)10(14)8-6-7(13)4-5-9(8)12/h4-6,10H,13-14H2,1-3H3/t10-/m0/s1. The Balaban J connectivity index is 3.12. The third-order valence-corrected chi connectivity index (χ3v) is 2.63. The van der Waals surface area contributed by atoms with Gasteiger partial charge in [0.15, 0.2) is 0 Å². The van der Waals surface area contributed by atoms with Gasteiger partial charge in [0.05, 0.1) is 0 Å². The quantitative estimate of drug-likeness (QED) is 0.704. The summed E-state index contributed by atoms with van der Waals surface area (Å²) < 4.78 is 0. The summed E-state index contributed by atoms with van der Waals surface area (Å²) in [5, 5.41) is 0.682. The average Bonchev–Trinajstić information content (AvgIpc) is 2.06. The van der Waals surface area contributed by atoms with Gasteiger partial charge in [-0.25, -0.2) is 0 Å². The number of halogens is 1. The Morgan fingerprint density at radius 3 is 2.36 bits per heavy atom. The maximum Gasteiger partial charge on any atom is 0.0455 e. The lowest BCUT2D eigenvalue weighted by Gasteiger charge is -2.28. The molecule has 0 bridgehead atoms. The molecule has 0 saturated heterocycles. The van der Waals surface area contributed by atoms with Crippen molar-refractivity contribution in [2.75, 3.05) is 5.73 Å². The van der Waals surface area contributed by atoms with Crippen LogP contribution in [0.4, 0.5) is 5.69 Å². The number of nitrogens with two attached hydrogens (primary N) is 2. The van der Waals surface area contributed by atoms with Crippen molar-refractivity contribution >= 4 is 17.3 Å². The molecule has 0 aliphatic carbocycles. The number of rotatable bonds is 1. The SMILES string of the molecule is CC(C)(C)[C@@H](N)c1cc(N)ccc1Cl. The fourth-order valence-electron chi connectivity index (χ4n) is 1.27. The van der Waals surface area contributed by atoms with Crippen LogP contribution < -0.4 is 11.5 Å². The molecule has 0 amide bonds. The maximum atomic E-state index is 6.10. The molecule has 0 spiro atoms. The zero-order valence-electron chi connectivity index (χ0n) is 8.84. The molecule has 1 aromatic carbocycles. The van der Waals surface area contributed by atoms with Crippen molar-refractivity contribution < 1.29 is 0 Å². The number of hydrogen-bond acceptors (Lipinski definition) is 2. The molecule has 2 nitrogen and oxygen atoms in total. The maximum absolute atomic E-state index is 6.10. The Kier molecular flexibility index (Phi) is 3.07. The van der Waals surface area contributed by atoms with Gasteiger partial charge in [-0.1, -0.05) is 32.4 Å². The Morgan fingerprint density at radius 1 is 1.29 bits per heavy atom. The molecule has 0 aliphatic heterocycles. The van der Waals surface area contributed by atoms with Crippen LogP contribution in [0.5, 0.6) is 0 Å². The van der Waals surface area contributed by atoms with E-state index in [1.54, 1.807) is 12.1 Å². The minimum absolute atomic E-state index is 0.0164. The van der Waals surface area contributed by atoms with E-state index in [4.69, 9.17) is 23.1 Å². The van der Waals surface area contributed by atoms with Crippen LogP contribution in [0.25, 0.3) is 0 Å². The van der Waals surface area contributed by atoms with Gasteiger partial charge in [0, 0.05) is 16.8 Å².